The van der Waals surface area contributed by atoms with Gasteiger partial charge in [-0.05, 0) is 44.1 Å². The molecule has 1 fully saturated rings. The van der Waals surface area contributed by atoms with E-state index < -0.39 is 16.0 Å². The monoisotopic (exact) mass is 326 g/mol. The summed E-state index contributed by atoms with van der Waals surface area (Å²) in [4.78, 5) is 13.4. The molecule has 0 unspecified atom stereocenters. The predicted molar refractivity (Wildman–Crippen MR) is 83.0 cm³/mol. The van der Waals surface area contributed by atoms with E-state index in [2.05, 4.69) is 9.62 Å². The number of hydrogen-bond acceptors (Lipinski definition) is 4. The van der Waals surface area contributed by atoms with Crippen molar-refractivity contribution in [2.45, 2.75) is 43.2 Å². The molecule has 1 aliphatic heterocycles. The summed E-state index contributed by atoms with van der Waals surface area (Å²) in [6.45, 7) is 1.53. The van der Waals surface area contributed by atoms with Gasteiger partial charge < -0.3 is 5.11 Å². The van der Waals surface area contributed by atoms with Crippen molar-refractivity contribution in [2.24, 2.45) is 0 Å². The second kappa shape index (κ2) is 7.21. The second-order valence-electron chi connectivity index (χ2n) is 5.57. The molecule has 1 saturated heterocycles. The van der Waals surface area contributed by atoms with E-state index in [-0.39, 0.29) is 17.4 Å². The zero-order valence-corrected chi connectivity index (χ0v) is 13.5. The molecule has 6 nitrogen and oxygen atoms in total. The highest BCUT2D eigenvalue weighted by molar-refractivity contribution is 7.89. The van der Waals surface area contributed by atoms with Crippen molar-refractivity contribution in [1.82, 2.24) is 9.62 Å². The average Bonchev–Trinajstić information content (AvgIpc) is 2.49. The van der Waals surface area contributed by atoms with E-state index in [1.54, 1.807) is 24.3 Å². The predicted octanol–water partition coefficient (Wildman–Crippen LogP) is 1.42. The van der Waals surface area contributed by atoms with E-state index in [1.165, 1.54) is 7.05 Å². The molecule has 1 aromatic rings. The fraction of sp³-hybridized carbons (Fsp3) is 0.533. The van der Waals surface area contributed by atoms with Crippen molar-refractivity contribution in [3.05, 3.63) is 29.8 Å². The van der Waals surface area contributed by atoms with E-state index in [0.717, 1.165) is 31.4 Å². The Morgan fingerprint density at radius 2 is 2.00 bits per heavy atom. The Balaban J connectivity index is 2.07. The average molecular weight is 326 g/mol. The molecule has 0 aliphatic carbocycles. The molecule has 1 aromatic carbocycles. The van der Waals surface area contributed by atoms with Gasteiger partial charge in [-0.3, -0.25) is 9.69 Å². The van der Waals surface area contributed by atoms with Gasteiger partial charge in [-0.15, -0.1) is 0 Å². The lowest BCUT2D eigenvalue weighted by molar-refractivity contribution is -0.138. The van der Waals surface area contributed by atoms with Gasteiger partial charge in [0.15, 0.2) is 0 Å². The van der Waals surface area contributed by atoms with Crippen molar-refractivity contribution in [3.63, 3.8) is 0 Å². The highest BCUT2D eigenvalue weighted by Gasteiger charge is 2.24. The minimum atomic E-state index is -3.42. The van der Waals surface area contributed by atoms with Gasteiger partial charge in [0.2, 0.25) is 10.0 Å². The molecular formula is C15H22N2O4S. The number of piperidine rings is 1. The number of hydrogen-bond donors (Lipinski definition) is 2. The molecule has 1 atom stereocenters. The van der Waals surface area contributed by atoms with Gasteiger partial charge in [0.25, 0.3) is 0 Å². The Kier molecular flexibility index (Phi) is 5.55. The first-order valence-corrected chi connectivity index (χ1v) is 8.89. The second-order valence-corrected chi connectivity index (χ2v) is 7.46. The summed E-state index contributed by atoms with van der Waals surface area (Å²) >= 11 is 0. The molecule has 7 heteroatoms. The van der Waals surface area contributed by atoms with Crippen LogP contribution in [0.1, 0.15) is 31.2 Å². The number of carboxylic acids is 1. The fourth-order valence-corrected chi connectivity index (χ4v) is 3.56. The van der Waals surface area contributed by atoms with Gasteiger partial charge in [0.1, 0.15) is 0 Å². The molecule has 0 aromatic heterocycles. The van der Waals surface area contributed by atoms with Gasteiger partial charge in [0.05, 0.1) is 11.3 Å². The zero-order chi connectivity index (χ0) is 16.2. The van der Waals surface area contributed by atoms with E-state index in [9.17, 15) is 13.2 Å². The number of rotatable bonds is 6. The first-order chi connectivity index (χ1) is 10.4. The van der Waals surface area contributed by atoms with Crippen LogP contribution in [0.3, 0.4) is 0 Å². The maximum Gasteiger partial charge on any atom is 0.304 e. The summed E-state index contributed by atoms with van der Waals surface area (Å²) in [6, 6.07) is 6.80. The van der Waals surface area contributed by atoms with E-state index >= 15 is 0 Å². The Labute approximate surface area is 131 Å². The summed E-state index contributed by atoms with van der Waals surface area (Å²) < 4.78 is 25.7. The summed E-state index contributed by atoms with van der Waals surface area (Å²) in [5.74, 6) is -0.771. The molecule has 2 rings (SSSR count). The van der Waals surface area contributed by atoms with Crippen molar-refractivity contribution in [3.8, 4) is 0 Å². The van der Waals surface area contributed by atoms with Crippen LogP contribution in [0.2, 0.25) is 0 Å². The smallest absolute Gasteiger partial charge is 0.304 e. The third-order valence-corrected chi connectivity index (χ3v) is 5.48. The SMILES string of the molecule is CNS(=O)(=O)c1ccc(CN2CCCC[C@H]2CC(=O)O)cc1. The number of carboxylic acid groups (broad SMARTS) is 1. The molecular weight excluding hydrogens is 304 g/mol. The maximum atomic E-state index is 11.7. The minimum Gasteiger partial charge on any atom is -0.481 e. The van der Waals surface area contributed by atoms with Crippen LogP contribution in [-0.2, 0) is 21.4 Å². The molecule has 0 bridgehead atoms. The first kappa shape index (κ1) is 16.9. The van der Waals surface area contributed by atoms with E-state index in [0.29, 0.717) is 6.54 Å². The largest absolute Gasteiger partial charge is 0.481 e. The standard InChI is InChI=1S/C15H22N2O4S/c1-16-22(20,21)14-7-5-12(6-8-14)11-17-9-3-2-4-13(17)10-15(18)19/h5-8,13,16H,2-4,9-11H2,1H3,(H,18,19)/t13-/m0/s1. The van der Waals surface area contributed by atoms with Crippen LogP contribution < -0.4 is 4.72 Å². The normalized spacial score (nSPS) is 20.0. The van der Waals surface area contributed by atoms with Crippen molar-refractivity contribution in [2.75, 3.05) is 13.6 Å². The van der Waals surface area contributed by atoms with Crippen LogP contribution >= 0.6 is 0 Å². The topological polar surface area (TPSA) is 86.7 Å². The lowest BCUT2D eigenvalue weighted by Gasteiger charge is -2.35. The molecule has 0 saturated carbocycles. The number of likely N-dealkylation sites (tertiary alicyclic amines) is 1. The van der Waals surface area contributed by atoms with Crippen LogP contribution in [0.15, 0.2) is 29.2 Å². The Hall–Kier alpha value is -1.44. The van der Waals surface area contributed by atoms with Gasteiger partial charge in [-0.1, -0.05) is 18.6 Å². The molecule has 122 valence electrons. The molecule has 1 heterocycles. The maximum absolute atomic E-state index is 11.7. The Morgan fingerprint density at radius 3 is 2.59 bits per heavy atom. The lowest BCUT2D eigenvalue weighted by Crippen LogP contribution is -2.40. The quantitative estimate of drug-likeness (QED) is 0.826. The molecule has 22 heavy (non-hydrogen) atoms. The zero-order valence-electron chi connectivity index (χ0n) is 12.7. The first-order valence-electron chi connectivity index (χ1n) is 7.40. The lowest BCUT2D eigenvalue weighted by atomic mass is 9.98. The van der Waals surface area contributed by atoms with Crippen LogP contribution in [-0.4, -0.2) is 44.0 Å². The van der Waals surface area contributed by atoms with Gasteiger partial charge in [-0.25, -0.2) is 13.1 Å². The molecule has 0 amide bonds. The highest BCUT2D eigenvalue weighted by atomic mass is 32.2. The van der Waals surface area contributed by atoms with Gasteiger partial charge in [0, 0.05) is 12.6 Å². The third kappa shape index (κ3) is 4.28. The van der Waals surface area contributed by atoms with Crippen molar-refractivity contribution in [1.29, 1.82) is 0 Å². The number of aliphatic carboxylic acids is 1. The summed E-state index contributed by atoms with van der Waals surface area (Å²) in [5.41, 5.74) is 0.993. The number of benzene rings is 1. The van der Waals surface area contributed by atoms with Crippen LogP contribution in [0.25, 0.3) is 0 Å². The number of nitrogens with one attached hydrogen (secondary N) is 1. The van der Waals surface area contributed by atoms with Crippen LogP contribution in [0.4, 0.5) is 0 Å². The number of nitrogens with zero attached hydrogens (tertiary/aromatic N) is 1. The van der Waals surface area contributed by atoms with Crippen LogP contribution in [0.5, 0.6) is 0 Å². The van der Waals surface area contributed by atoms with E-state index in [1.807, 2.05) is 0 Å². The fourth-order valence-electron chi connectivity index (χ4n) is 2.83. The Bertz CT molecular complexity index is 613. The third-order valence-electron chi connectivity index (χ3n) is 4.05. The van der Waals surface area contributed by atoms with Crippen LogP contribution in [0, 0.1) is 0 Å². The molecule has 1 aliphatic rings. The van der Waals surface area contributed by atoms with E-state index in [4.69, 9.17) is 5.11 Å². The molecule has 0 spiro atoms. The van der Waals surface area contributed by atoms with Crippen molar-refractivity contribution >= 4 is 16.0 Å². The summed E-state index contributed by atoms with van der Waals surface area (Å²) in [7, 11) is -2.03. The molecule has 2 N–H and O–H groups in total. The number of sulfonamides is 1. The number of carbonyl (C=O) groups is 1. The minimum absolute atomic E-state index is 0.0620. The van der Waals surface area contributed by atoms with Crippen molar-refractivity contribution < 1.29 is 18.3 Å². The highest BCUT2D eigenvalue weighted by Crippen LogP contribution is 2.22. The van der Waals surface area contributed by atoms with Gasteiger partial charge in [-0.2, -0.15) is 0 Å². The molecule has 0 radical (unpaired) electrons. The summed E-state index contributed by atoms with van der Waals surface area (Å²) in [5, 5.41) is 9.00. The van der Waals surface area contributed by atoms with Gasteiger partial charge >= 0.3 is 5.97 Å². The Morgan fingerprint density at radius 1 is 1.32 bits per heavy atom. The summed E-state index contributed by atoms with van der Waals surface area (Å²) in [6.07, 6.45) is 3.20.